The Bertz CT molecular complexity index is 479. The molecule has 0 radical (unpaired) electrons. The minimum Gasteiger partial charge on any atom is -0.478 e. The number of carbonyl (C=O) groups is 2. The lowest BCUT2D eigenvalue weighted by atomic mass is 10.2. The van der Waals surface area contributed by atoms with Gasteiger partial charge in [0.05, 0.1) is 17.1 Å². The zero-order valence-corrected chi connectivity index (χ0v) is 11.4. The summed E-state index contributed by atoms with van der Waals surface area (Å²) in [5, 5.41) is 9.03. The van der Waals surface area contributed by atoms with Crippen LogP contribution in [-0.2, 0) is 4.79 Å². The topological polar surface area (TPSA) is 96.5 Å². The Kier molecular flexibility index (Phi) is 5.57. The summed E-state index contributed by atoms with van der Waals surface area (Å²) in [6.45, 7) is 2.60. The summed E-state index contributed by atoms with van der Waals surface area (Å²) in [4.78, 5) is 27.5. The fraction of sp³-hybridized carbons (Fsp3) is 0.417. The maximum Gasteiger partial charge on any atom is 0.337 e. The third-order valence-corrected chi connectivity index (χ3v) is 2.77. The predicted octanol–water partition coefficient (Wildman–Crippen LogP) is 1.52. The van der Waals surface area contributed by atoms with E-state index in [9.17, 15) is 9.59 Å². The van der Waals surface area contributed by atoms with E-state index in [0.29, 0.717) is 12.4 Å². The van der Waals surface area contributed by atoms with E-state index >= 15 is 0 Å². The van der Waals surface area contributed by atoms with Crippen LogP contribution in [0.25, 0.3) is 0 Å². The minimum atomic E-state index is -1.10. The maximum absolute atomic E-state index is 11.0. The Hall–Kier alpha value is -1.82. The van der Waals surface area contributed by atoms with Gasteiger partial charge in [-0.1, -0.05) is 24.9 Å². The molecule has 0 saturated carbocycles. The van der Waals surface area contributed by atoms with Crippen LogP contribution in [0.2, 0.25) is 5.02 Å². The average molecular weight is 286 g/mol. The van der Waals surface area contributed by atoms with Gasteiger partial charge in [-0.05, 0) is 12.5 Å². The second kappa shape index (κ2) is 6.94. The van der Waals surface area contributed by atoms with Gasteiger partial charge in [0.15, 0.2) is 0 Å². The molecule has 0 atom stereocenters. The third-order valence-electron chi connectivity index (χ3n) is 2.50. The number of carboxylic acid groups (broad SMARTS) is 1. The number of unbranched alkanes of at least 4 members (excludes halogenated alkanes) is 1. The second-order valence-electron chi connectivity index (χ2n) is 4.08. The molecule has 0 spiro atoms. The zero-order valence-electron chi connectivity index (χ0n) is 10.6. The molecule has 1 rings (SSSR count). The standard InChI is InChI=1S/C12H16ClN3O3/c1-2-3-4-16(7-10(14)17)11-9(13)5-8(6-15-11)12(18)19/h5-6H,2-4,7H2,1H3,(H2,14,17)(H,18,19). The number of carbonyl (C=O) groups excluding carboxylic acids is 1. The smallest absolute Gasteiger partial charge is 0.337 e. The van der Waals surface area contributed by atoms with E-state index in [1.165, 1.54) is 12.3 Å². The highest BCUT2D eigenvalue weighted by atomic mass is 35.5. The van der Waals surface area contributed by atoms with Crippen LogP contribution >= 0.6 is 11.6 Å². The van der Waals surface area contributed by atoms with Crippen LogP contribution in [0.15, 0.2) is 12.3 Å². The molecule has 0 saturated heterocycles. The fourth-order valence-corrected chi connectivity index (χ4v) is 1.86. The van der Waals surface area contributed by atoms with Crippen molar-refractivity contribution in [1.29, 1.82) is 0 Å². The Balaban J connectivity index is 3.00. The summed E-state index contributed by atoms with van der Waals surface area (Å²) in [5.74, 6) is -1.22. The predicted molar refractivity (Wildman–Crippen MR) is 72.5 cm³/mol. The van der Waals surface area contributed by atoms with Crippen molar-refractivity contribution in [1.82, 2.24) is 4.98 Å². The molecule has 7 heteroatoms. The first-order valence-corrected chi connectivity index (χ1v) is 6.25. The average Bonchev–Trinajstić information content (AvgIpc) is 2.34. The normalized spacial score (nSPS) is 10.2. The van der Waals surface area contributed by atoms with E-state index in [-0.39, 0.29) is 17.1 Å². The van der Waals surface area contributed by atoms with E-state index in [1.54, 1.807) is 4.90 Å². The van der Waals surface area contributed by atoms with Crippen LogP contribution in [-0.4, -0.2) is 35.1 Å². The van der Waals surface area contributed by atoms with Gasteiger partial charge in [-0.2, -0.15) is 0 Å². The number of hydrogen-bond acceptors (Lipinski definition) is 4. The largest absolute Gasteiger partial charge is 0.478 e. The molecule has 0 aliphatic heterocycles. The van der Waals surface area contributed by atoms with Crippen LogP contribution in [0.5, 0.6) is 0 Å². The lowest BCUT2D eigenvalue weighted by molar-refractivity contribution is -0.116. The molecule has 0 aliphatic rings. The van der Waals surface area contributed by atoms with Crippen molar-refractivity contribution in [2.45, 2.75) is 19.8 Å². The van der Waals surface area contributed by atoms with E-state index < -0.39 is 11.9 Å². The van der Waals surface area contributed by atoms with Crippen molar-refractivity contribution in [2.75, 3.05) is 18.0 Å². The monoisotopic (exact) mass is 285 g/mol. The molecule has 1 amide bonds. The first-order chi connectivity index (χ1) is 8.95. The number of carboxylic acids is 1. The number of nitrogens with two attached hydrogens (primary N) is 1. The Morgan fingerprint density at radius 1 is 1.53 bits per heavy atom. The van der Waals surface area contributed by atoms with Gasteiger partial charge in [0.25, 0.3) is 0 Å². The molecule has 1 heterocycles. The summed E-state index contributed by atoms with van der Waals surface area (Å²) in [5.41, 5.74) is 5.19. The molecule has 104 valence electrons. The number of rotatable bonds is 7. The first-order valence-electron chi connectivity index (χ1n) is 5.87. The van der Waals surface area contributed by atoms with Crippen molar-refractivity contribution in [2.24, 2.45) is 5.73 Å². The van der Waals surface area contributed by atoms with Gasteiger partial charge in [-0.25, -0.2) is 9.78 Å². The molecule has 19 heavy (non-hydrogen) atoms. The second-order valence-corrected chi connectivity index (χ2v) is 4.48. The Morgan fingerprint density at radius 2 is 2.21 bits per heavy atom. The number of aromatic carboxylic acids is 1. The van der Waals surface area contributed by atoms with Crippen LogP contribution in [0.1, 0.15) is 30.1 Å². The first kappa shape index (κ1) is 15.2. The molecular weight excluding hydrogens is 270 g/mol. The maximum atomic E-state index is 11.0. The van der Waals surface area contributed by atoms with Gasteiger partial charge >= 0.3 is 5.97 Å². The van der Waals surface area contributed by atoms with Gasteiger partial charge in [0, 0.05) is 12.7 Å². The molecule has 0 bridgehead atoms. The van der Waals surface area contributed by atoms with Crippen molar-refractivity contribution >= 4 is 29.3 Å². The van der Waals surface area contributed by atoms with E-state index in [2.05, 4.69) is 4.98 Å². The van der Waals surface area contributed by atoms with Crippen molar-refractivity contribution in [3.05, 3.63) is 22.8 Å². The number of aromatic nitrogens is 1. The van der Waals surface area contributed by atoms with E-state index in [1.807, 2.05) is 6.92 Å². The third kappa shape index (κ3) is 4.40. The SMILES string of the molecule is CCCCN(CC(N)=O)c1ncc(C(=O)O)cc1Cl. The van der Waals surface area contributed by atoms with Crippen LogP contribution < -0.4 is 10.6 Å². The summed E-state index contributed by atoms with van der Waals surface area (Å²) >= 11 is 6.01. The number of anilines is 1. The summed E-state index contributed by atoms with van der Waals surface area (Å²) in [6, 6.07) is 1.31. The number of amides is 1. The number of hydrogen-bond donors (Lipinski definition) is 2. The number of primary amides is 1. The van der Waals surface area contributed by atoms with Gasteiger partial charge in [0.2, 0.25) is 5.91 Å². The Labute approximate surface area is 116 Å². The van der Waals surface area contributed by atoms with Crippen LogP contribution in [0, 0.1) is 0 Å². The Morgan fingerprint density at radius 3 is 2.68 bits per heavy atom. The lowest BCUT2D eigenvalue weighted by Crippen LogP contribution is -2.35. The highest BCUT2D eigenvalue weighted by molar-refractivity contribution is 6.33. The van der Waals surface area contributed by atoms with Crippen molar-refractivity contribution in [3.63, 3.8) is 0 Å². The van der Waals surface area contributed by atoms with Gasteiger partial charge in [0.1, 0.15) is 5.82 Å². The zero-order chi connectivity index (χ0) is 14.4. The molecule has 0 aromatic carbocycles. The molecule has 0 fully saturated rings. The summed E-state index contributed by atoms with van der Waals surface area (Å²) < 4.78 is 0. The minimum absolute atomic E-state index is 0.000855. The van der Waals surface area contributed by atoms with Gasteiger partial charge in [-0.3, -0.25) is 4.79 Å². The molecule has 1 aromatic rings. The number of halogens is 1. The van der Waals surface area contributed by atoms with E-state index in [4.69, 9.17) is 22.4 Å². The molecule has 3 N–H and O–H groups in total. The molecule has 1 aromatic heterocycles. The van der Waals surface area contributed by atoms with Crippen LogP contribution in [0.3, 0.4) is 0 Å². The summed E-state index contributed by atoms with van der Waals surface area (Å²) in [7, 11) is 0. The van der Waals surface area contributed by atoms with Gasteiger partial charge in [-0.15, -0.1) is 0 Å². The van der Waals surface area contributed by atoms with Gasteiger partial charge < -0.3 is 15.7 Å². The molecule has 6 nitrogen and oxygen atoms in total. The number of pyridine rings is 1. The quantitative estimate of drug-likeness (QED) is 0.792. The fourth-order valence-electron chi connectivity index (χ4n) is 1.58. The number of nitrogens with zero attached hydrogens (tertiary/aromatic N) is 2. The van der Waals surface area contributed by atoms with Crippen molar-refractivity contribution < 1.29 is 14.7 Å². The highest BCUT2D eigenvalue weighted by Gasteiger charge is 2.16. The molecule has 0 unspecified atom stereocenters. The molecular formula is C12H16ClN3O3. The highest BCUT2D eigenvalue weighted by Crippen LogP contribution is 2.24. The summed E-state index contributed by atoms with van der Waals surface area (Å²) in [6.07, 6.45) is 3.01. The van der Waals surface area contributed by atoms with Crippen LogP contribution in [0.4, 0.5) is 5.82 Å². The lowest BCUT2D eigenvalue weighted by Gasteiger charge is -2.23. The van der Waals surface area contributed by atoms with Crippen molar-refractivity contribution in [3.8, 4) is 0 Å². The molecule has 0 aliphatic carbocycles. The van der Waals surface area contributed by atoms with E-state index in [0.717, 1.165) is 12.8 Å².